The van der Waals surface area contributed by atoms with Crippen LogP contribution in [0.15, 0.2) is 24.3 Å². The van der Waals surface area contributed by atoms with Crippen molar-refractivity contribution in [3.8, 4) is 16.3 Å². The summed E-state index contributed by atoms with van der Waals surface area (Å²) in [6, 6.07) is 8.03. The van der Waals surface area contributed by atoms with Gasteiger partial charge >= 0.3 is 0 Å². The number of rotatable bonds is 7. The maximum absolute atomic E-state index is 9.42. The highest BCUT2D eigenvalue weighted by molar-refractivity contribution is 7.15. The van der Waals surface area contributed by atoms with Gasteiger partial charge in [0, 0.05) is 5.56 Å². The second kappa shape index (κ2) is 7.57. The Kier molecular flexibility index (Phi) is 5.76. The standard InChI is InChI=1S/C17H23NO2S/c1-4-5-15-16(10-19)21-17(18-15)13-6-8-14(9-7-13)20-11-12(2)3/h6-9,12,19H,4-5,10-11H2,1-3H3. The van der Waals surface area contributed by atoms with Crippen LogP contribution in [0, 0.1) is 5.92 Å². The van der Waals surface area contributed by atoms with Gasteiger partial charge in [0.2, 0.25) is 0 Å². The Morgan fingerprint density at radius 3 is 2.52 bits per heavy atom. The van der Waals surface area contributed by atoms with Gasteiger partial charge in [-0.25, -0.2) is 4.98 Å². The van der Waals surface area contributed by atoms with Gasteiger partial charge in [-0.15, -0.1) is 11.3 Å². The first-order chi connectivity index (χ1) is 10.1. The lowest BCUT2D eigenvalue weighted by atomic mass is 10.2. The molecule has 21 heavy (non-hydrogen) atoms. The molecule has 0 atom stereocenters. The van der Waals surface area contributed by atoms with Crippen LogP contribution >= 0.6 is 11.3 Å². The molecule has 0 radical (unpaired) electrons. The van der Waals surface area contributed by atoms with Crippen LogP contribution < -0.4 is 4.74 Å². The van der Waals surface area contributed by atoms with Gasteiger partial charge in [-0.1, -0.05) is 27.2 Å². The number of aliphatic hydroxyl groups is 1. The number of nitrogens with zero attached hydrogens (tertiary/aromatic N) is 1. The highest BCUT2D eigenvalue weighted by atomic mass is 32.1. The summed E-state index contributed by atoms with van der Waals surface area (Å²) in [6.45, 7) is 7.20. The Labute approximate surface area is 130 Å². The van der Waals surface area contributed by atoms with Gasteiger partial charge in [-0.2, -0.15) is 0 Å². The molecule has 1 aromatic heterocycles. The van der Waals surface area contributed by atoms with Gasteiger partial charge in [0.05, 0.1) is 23.8 Å². The summed E-state index contributed by atoms with van der Waals surface area (Å²) in [7, 11) is 0. The molecule has 1 N–H and O–H groups in total. The summed E-state index contributed by atoms with van der Waals surface area (Å²) in [5.74, 6) is 1.41. The van der Waals surface area contributed by atoms with Crippen LogP contribution in [0.3, 0.4) is 0 Å². The summed E-state index contributed by atoms with van der Waals surface area (Å²) in [5, 5.41) is 10.4. The number of hydrogen-bond donors (Lipinski definition) is 1. The molecule has 1 aromatic carbocycles. The van der Waals surface area contributed by atoms with Crippen LogP contribution in [-0.4, -0.2) is 16.7 Å². The summed E-state index contributed by atoms with van der Waals surface area (Å²) >= 11 is 1.57. The maximum atomic E-state index is 9.42. The van der Waals surface area contributed by atoms with Crippen molar-refractivity contribution in [3.63, 3.8) is 0 Å². The molecular weight excluding hydrogens is 282 g/mol. The number of hydrogen-bond acceptors (Lipinski definition) is 4. The first kappa shape index (κ1) is 16.0. The van der Waals surface area contributed by atoms with E-state index >= 15 is 0 Å². The topological polar surface area (TPSA) is 42.4 Å². The highest BCUT2D eigenvalue weighted by Crippen LogP contribution is 2.30. The zero-order valence-corrected chi connectivity index (χ0v) is 13.7. The highest BCUT2D eigenvalue weighted by Gasteiger charge is 2.11. The minimum absolute atomic E-state index is 0.0720. The van der Waals surface area contributed by atoms with E-state index in [1.807, 2.05) is 24.3 Å². The van der Waals surface area contributed by atoms with E-state index in [4.69, 9.17) is 4.74 Å². The molecule has 2 rings (SSSR count). The molecule has 2 aromatic rings. The molecular formula is C17H23NO2S. The number of thiazole rings is 1. The Hall–Kier alpha value is -1.39. The third-order valence-corrected chi connectivity index (χ3v) is 4.22. The molecule has 0 aliphatic heterocycles. The fourth-order valence-corrected chi connectivity index (χ4v) is 2.99. The fourth-order valence-electron chi connectivity index (χ4n) is 2.02. The van der Waals surface area contributed by atoms with Gasteiger partial charge in [-0.3, -0.25) is 0 Å². The van der Waals surface area contributed by atoms with Crippen molar-refractivity contribution in [3.05, 3.63) is 34.8 Å². The zero-order chi connectivity index (χ0) is 15.2. The number of benzene rings is 1. The second-order valence-corrected chi connectivity index (χ2v) is 6.61. The average molecular weight is 305 g/mol. The minimum Gasteiger partial charge on any atom is -0.493 e. The molecule has 114 valence electrons. The first-order valence-electron chi connectivity index (χ1n) is 7.46. The third-order valence-electron chi connectivity index (χ3n) is 3.09. The molecule has 0 saturated carbocycles. The molecule has 4 heteroatoms. The van der Waals surface area contributed by atoms with E-state index in [1.54, 1.807) is 11.3 Å². The summed E-state index contributed by atoms with van der Waals surface area (Å²) in [5.41, 5.74) is 2.11. The molecule has 0 fully saturated rings. The fraction of sp³-hybridized carbons (Fsp3) is 0.471. The zero-order valence-electron chi connectivity index (χ0n) is 12.9. The quantitative estimate of drug-likeness (QED) is 0.829. The van der Waals surface area contributed by atoms with Crippen LogP contribution in [0.2, 0.25) is 0 Å². The molecule has 0 saturated heterocycles. The van der Waals surface area contributed by atoms with E-state index in [9.17, 15) is 5.11 Å². The van der Waals surface area contributed by atoms with Crippen molar-refractivity contribution >= 4 is 11.3 Å². The predicted octanol–water partition coefficient (Wildman–Crippen LogP) is 4.29. The normalized spacial score (nSPS) is 11.1. The van der Waals surface area contributed by atoms with Crippen molar-refractivity contribution in [2.75, 3.05) is 6.61 Å². The minimum atomic E-state index is 0.0720. The van der Waals surface area contributed by atoms with E-state index < -0.39 is 0 Å². The molecule has 0 aliphatic rings. The lowest BCUT2D eigenvalue weighted by Crippen LogP contribution is -2.04. The summed E-state index contributed by atoms with van der Waals surface area (Å²) in [6.07, 6.45) is 1.96. The third kappa shape index (κ3) is 4.29. The van der Waals surface area contributed by atoms with E-state index in [2.05, 4.69) is 25.8 Å². The maximum Gasteiger partial charge on any atom is 0.123 e. The molecule has 0 spiro atoms. The Morgan fingerprint density at radius 2 is 1.95 bits per heavy atom. The molecule has 3 nitrogen and oxygen atoms in total. The van der Waals surface area contributed by atoms with Crippen LogP contribution in [0.1, 0.15) is 37.8 Å². The van der Waals surface area contributed by atoms with Gasteiger partial charge < -0.3 is 9.84 Å². The van der Waals surface area contributed by atoms with E-state index in [-0.39, 0.29) is 6.61 Å². The van der Waals surface area contributed by atoms with Crippen molar-refractivity contribution in [2.24, 2.45) is 5.92 Å². The van der Waals surface area contributed by atoms with Gasteiger partial charge in [0.25, 0.3) is 0 Å². The Morgan fingerprint density at radius 1 is 1.24 bits per heavy atom. The molecule has 0 unspecified atom stereocenters. The number of aromatic nitrogens is 1. The van der Waals surface area contributed by atoms with Gasteiger partial charge in [-0.05, 0) is 36.6 Å². The van der Waals surface area contributed by atoms with Crippen molar-refractivity contribution in [1.82, 2.24) is 4.98 Å². The average Bonchev–Trinajstić information content (AvgIpc) is 2.89. The number of aliphatic hydroxyl groups excluding tert-OH is 1. The van der Waals surface area contributed by atoms with Crippen molar-refractivity contribution < 1.29 is 9.84 Å². The first-order valence-corrected chi connectivity index (χ1v) is 8.28. The van der Waals surface area contributed by atoms with Gasteiger partial charge in [0.1, 0.15) is 10.8 Å². The molecule has 0 bridgehead atoms. The van der Waals surface area contributed by atoms with Crippen molar-refractivity contribution in [2.45, 2.75) is 40.2 Å². The molecule has 1 heterocycles. The molecule has 0 amide bonds. The SMILES string of the molecule is CCCc1nc(-c2ccc(OCC(C)C)cc2)sc1CO. The second-order valence-electron chi connectivity index (χ2n) is 5.53. The van der Waals surface area contributed by atoms with Gasteiger partial charge in [0.15, 0.2) is 0 Å². The largest absolute Gasteiger partial charge is 0.493 e. The van der Waals surface area contributed by atoms with E-state index in [0.717, 1.165) is 46.3 Å². The van der Waals surface area contributed by atoms with Crippen LogP contribution in [0.25, 0.3) is 10.6 Å². The lowest BCUT2D eigenvalue weighted by molar-refractivity contribution is 0.271. The number of ether oxygens (including phenoxy) is 1. The summed E-state index contributed by atoms with van der Waals surface area (Å²) < 4.78 is 5.69. The van der Waals surface area contributed by atoms with Crippen LogP contribution in [-0.2, 0) is 13.0 Å². The predicted molar refractivity (Wildman–Crippen MR) is 87.8 cm³/mol. The lowest BCUT2D eigenvalue weighted by Gasteiger charge is -2.08. The smallest absolute Gasteiger partial charge is 0.123 e. The van der Waals surface area contributed by atoms with E-state index in [1.165, 1.54) is 0 Å². The number of aryl methyl sites for hydroxylation is 1. The van der Waals surface area contributed by atoms with Crippen molar-refractivity contribution in [1.29, 1.82) is 0 Å². The molecule has 0 aliphatic carbocycles. The van der Waals surface area contributed by atoms with E-state index in [0.29, 0.717) is 5.92 Å². The van der Waals surface area contributed by atoms with Crippen LogP contribution in [0.4, 0.5) is 0 Å². The van der Waals surface area contributed by atoms with Crippen LogP contribution in [0.5, 0.6) is 5.75 Å². The summed E-state index contributed by atoms with van der Waals surface area (Å²) in [4.78, 5) is 5.64. The monoisotopic (exact) mass is 305 g/mol. The Bertz CT molecular complexity index is 561. The Balaban J connectivity index is 2.14.